The predicted molar refractivity (Wildman–Crippen MR) is 138 cm³/mol. The quantitative estimate of drug-likeness (QED) is 0.279. The van der Waals surface area contributed by atoms with E-state index in [2.05, 4.69) is 63.8 Å². The van der Waals surface area contributed by atoms with Crippen molar-refractivity contribution in [3.05, 3.63) is 75.7 Å². The first-order valence-corrected chi connectivity index (χ1v) is 12.5. The second-order valence-corrected chi connectivity index (χ2v) is 9.93. The smallest absolute Gasteiger partial charge is 0.408 e. The van der Waals surface area contributed by atoms with Gasteiger partial charge in [-0.3, -0.25) is 4.98 Å². The number of oxazole rings is 1. The minimum atomic E-state index is -0.467. The van der Waals surface area contributed by atoms with Crippen molar-refractivity contribution in [2.45, 2.75) is 19.8 Å². The van der Waals surface area contributed by atoms with Gasteiger partial charge in [-0.25, -0.2) is 19.7 Å². The highest BCUT2D eigenvalue weighted by Gasteiger charge is 2.15. The molecule has 0 aliphatic rings. The largest absolute Gasteiger partial charge is 0.417 e. The standard InChI is InChI=1S/C25H19N5O2S2/c1-13(2)14-3-5-15(6-4-14)17-10-33-23-21(17)22(26-12-27-23)30-24-28-19(11-34-24)16-7-8-18-20(9-16)32-25(31)29-18/h3-13H,1-2H3,(H,29,31)(H,26,27,28,30). The van der Waals surface area contributed by atoms with Crippen molar-refractivity contribution in [1.82, 2.24) is 19.9 Å². The highest BCUT2D eigenvalue weighted by molar-refractivity contribution is 7.17. The van der Waals surface area contributed by atoms with Gasteiger partial charge in [0.2, 0.25) is 0 Å². The summed E-state index contributed by atoms with van der Waals surface area (Å²) >= 11 is 3.09. The highest BCUT2D eigenvalue weighted by Crippen LogP contribution is 2.38. The van der Waals surface area contributed by atoms with E-state index in [9.17, 15) is 4.79 Å². The number of aromatic amines is 1. The number of fused-ring (bicyclic) bond motifs is 2. The average Bonchev–Trinajstić information content (AvgIpc) is 3.56. The second-order valence-electron chi connectivity index (χ2n) is 8.22. The van der Waals surface area contributed by atoms with E-state index in [1.54, 1.807) is 17.7 Å². The van der Waals surface area contributed by atoms with E-state index < -0.39 is 5.76 Å². The molecule has 6 rings (SSSR count). The van der Waals surface area contributed by atoms with Crippen LogP contribution in [0.5, 0.6) is 0 Å². The van der Waals surface area contributed by atoms with Crippen molar-refractivity contribution in [3.8, 4) is 22.4 Å². The fraction of sp³-hybridized carbons (Fsp3) is 0.120. The van der Waals surface area contributed by atoms with Crippen LogP contribution in [0.15, 0.2) is 68.8 Å². The highest BCUT2D eigenvalue weighted by atomic mass is 32.1. The lowest BCUT2D eigenvalue weighted by Gasteiger charge is -2.08. The van der Waals surface area contributed by atoms with Gasteiger partial charge in [-0.15, -0.1) is 22.7 Å². The number of aromatic nitrogens is 4. The van der Waals surface area contributed by atoms with Crippen molar-refractivity contribution in [3.63, 3.8) is 0 Å². The zero-order valence-electron chi connectivity index (χ0n) is 18.3. The Bertz CT molecular complexity index is 1690. The molecule has 7 nitrogen and oxygen atoms in total. The fourth-order valence-corrected chi connectivity index (χ4v) is 5.53. The molecule has 0 aliphatic carbocycles. The Hall–Kier alpha value is -3.82. The first-order valence-electron chi connectivity index (χ1n) is 10.7. The lowest BCUT2D eigenvalue weighted by atomic mass is 9.99. The molecule has 0 aliphatic heterocycles. The van der Waals surface area contributed by atoms with Crippen molar-refractivity contribution in [1.29, 1.82) is 0 Å². The monoisotopic (exact) mass is 485 g/mol. The Morgan fingerprint density at radius 3 is 2.65 bits per heavy atom. The molecule has 34 heavy (non-hydrogen) atoms. The summed E-state index contributed by atoms with van der Waals surface area (Å²) in [5.74, 6) is 0.745. The van der Waals surface area contributed by atoms with Gasteiger partial charge in [-0.2, -0.15) is 0 Å². The Morgan fingerprint density at radius 1 is 1.00 bits per heavy atom. The van der Waals surface area contributed by atoms with E-state index in [1.165, 1.54) is 16.9 Å². The Balaban J connectivity index is 1.35. The first-order chi connectivity index (χ1) is 16.5. The van der Waals surface area contributed by atoms with Crippen LogP contribution in [0.3, 0.4) is 0 Å². The molecule has 0 unspecified atom stereocenters. The molecule has 0 radical (unpaired) electrons. The number of anilines is 2. The van der Waals surface area contributed by atoms with Gasteiger partial charge < -0.3 is 9.73 Å². The summed E-state index contributed by atoms with van der Waals surface area (Å²) < 4.78 is 5.18. The summed E-state index contributed by atoms with van der Waals surface area (Å²) in [7, 11) is 0. The summed E-state index contributed by atoms with van der Waals surface area (Å²) in [6.07, 6.45) is 1.57. The van der Waals surface area contributed by atoms with E-state index in [0.29, 0.717) is 17.0 Å². The predicted octanol–water partition coefficient (Wildman–Crippen LogP) is 6.78. The van der Waals surface area contributed by atoms with Crippen LogP contribution in [0.2, 0.25) is 0 Å². The molecule has 0 atom stereocenters. The van der Waals surface area contributed by atoms with E-state index in [-0.39, 0.29) is 0 Å². The molecule has 0 bridgehead atoms. The molecule has 9 heteroatoms. The van der Waals surface area contributed by atoms with Gasteiger partial charge >= 0.3 is 5.76 Å². The number of H-pyrrole nitrogens is 1. The molecule has 6 aromatic rings. The van der Waals surface area contributed by atoms with Crippen molar-refractivity contribution >= 4 is 54.9 Å². The number of rotatable bonds is 5. The third kappa shape index (κ3) is 3.68. The van der Waals surface area contributed by atoms with Crippen LogP contribution < -0.4 is 11.1 Å². The van der Waals surface area contributed by atoms with Gasteiger partial charge in [0, 0.05) is 21.9 Å². The van der Waals surface area contributed by atoms with Gasteiger partial charge in [0.05, 0.1) is 16.6 Å². The average molecular weight is 486 g/mol. The van der Waals surface area contributed by atoms with Crippen molar-refractivity contribution < 1.29 is 4.42 Å². The molecule has 2 aromatic carbocycles. The first kappa shape index (κ1) is 20.8. The second kappa shape index (κ2) is 8.19. The third-order valence-corrected chi connectivity index (χ3v) is 7.35. The zero-order chi connectivity index (χ0) is 23.2. The number of nitrogens with one attached hydrogen (secondary N) is 2. The van der Waals surface area contributed by atoms with E-state index in [4.69, 9.17) is 9.40 Å². The Kier molecular flexibility index (Phi) is 5.00. The van der Waals surface area contributed by atoms with Gasteiger partial charge in [0.1, 0.15) is 17.0 Å². The molecule has 2 N–H and O–H groups in total. The van der Waals surface area contributed by atoms with Gasteiger partial charge in [-0.1, -0.05) is 44.2 Å². The number of thiazole rings is 1. The Morgan fingerprint density at radius 2 is 1.82 bits per heavy atom. The normalized spacial score (nSPS) is 11.6. The Labute approximate surface area is 202 Å². The molecule has 0 amide bonds. The lowest BCUT2D eigenvalue weighted by Crippen LogP contribution is -1.95. The van der Waals surface area contributed by atoms with Crippen molar-refractivity contribution in [2.75, 3.05) is 5.32 Å². The van der Waals surface area contributed by atoms with Crippen LogP contribution in [0.1, 0.15) is 25.3 Å². The minimum absolute atomic E-state index is 0.467. The third-order valence-electron chi connectivity index (χ3n) is 5.70. The molecule has 0 saturated carbocycles. The molecule has 168 valence electrons. The molecular formula is C25H19N5O2S2. The molecule has 0 spiro atoms. The number of nitrogens with zero attached hydrogens (tertiary/aromatic N) is 3. The molecular weight excluding hydrogens is 466 g/mol. The van der Waals surface area contributed by atoms with Gasteiger partial charge in [0.25, 0.3) is 0 Å². The van der Waals surface area contributed by atoms with Crippen LogP contribution in [-0.4, -0.2) is 19.9 Å². The van der Waals surface area contributed by atoms with E-state index >= 15 is 0 Å². The van der Waals surface area contributed by atoms with Gasteiger partial charge in [0.15, 0.2) is 10.7 Å². The van der Waals surface area contributed by atoms with Crippen LogP contribution in [-0.2, 0) is 0 Å². The number of hydrogen-bond donors (Lipinski definition) is 2. The zero-order valence-corrected chi connectivity index (χ0v) is 20.0. The van der Waals surface area contributed by atoms with Crippen LogP contribution in [0.25, 0.3) is 43.7 Å². The summed E-state index contributed by atoms with van der Waals surface area (Å²) in [5.41, 5.74) is 6.38. The number of benzene rings is 2. The summed E-state index contributed by atoms with van der Waals surface area (Å²) in [6.45, 7) is 4.39. The maximum atomic E-state index is 11.4. The van der Waals surface area contributed by atoms with E-state index in [1.807, 2.05) is 23.6 Å². The minimum Gasteiger partial charge on any atom is -0.408 e. The van der Waals surface area contributed by atoms with Crippen LogP contribution in [0, 0.1) is 0 Å². The van der Waals surface area contributed by atoms with Crippen LogP contribution >= 0.6 is 22.7 Å². The summed E-state index contributed by atoms with van der Waals surface area (Å²) in [6, 6.07) is 14.2. The molecule has 4 aromatic heterocycles. The van der Waals surface area contributed by atoms with E-state index in [0.717, 1.165) is 43.6 Å². The maximum Gasteiger partial charge on any atom is 0.417 e. The topological polar surface area (TPSA) is 96.7 Å². The molecule has 0 fully saturated rings. The number of hydrogen-bond acceptors (Lipinski definition) is 8. The van der Waals surface area contributed by atoms with Crippen molar-refractivity contribution in [2.24, 2.45) is 0 Å². The SMILES string of the molecule is CC(C)c1ccc(-c2csc3ncnc(Nc4nc(-c5ccc6[nH]c(=O)oc6c5)cs4)c23)cc1. The molecule has 4 heterocycles. The summed E-state index contributed by atoms with van der Waals surface area (Å²) in [4.78, 5) is 28.8. The van der Waals surface area contributed by atoms with Crippen LogP contribution in [0.4, 0.5) is 10.9 Å². The fourth-order valence-electron chi connectivity index (χ4n) is 3.90. The molecule has 0 saturated heterocycles. The summed E-state index contributed by atoms with van der Waals surface area (Å²) in [5, 5.41) is 9.18. The maximum absolute atomic E-state index is 11.4. The number of thiophene rings is 1. The lowest BCUT2D eigenvalue weighted by molar-refractivity contribution is 0.555. The van der Waals surface area contributed by atoms with Gasteiger partial charge in [-0.05, 0) is 29.2 Å².